The Morgan fingerprint density at radius 2 is 1.95 bits per heavy atom. The average Bonchev–Trinajstić information content (AvgIpc) is 2.33. The number of nitrogens with one attached hydrogen (secondary N) is 1. The van der Waals surface area contributed by atoms with E-state index in [4.69, 9.17) is 9.84 Å². The van der Waals surface area contributed by atoms with Crippen LogP contribution in [0.2, 0.25) is 0 Å². The van der Waals surface area contributed by atoms with Gasteiger partial charge in [-0.2, -0.15) is 0 Å². The molecular weight excluding hydrogens is 250 g/mol. The largest absolute Gasteiger partial charge is 0.480 e. The number of hydrogen-bond acceptors (Lipinski definition) is 5. The number of carboxylic acids is 1. The van der Waals surface area contributed by atoms with E-state index in [1.165, 1.54) is 0 Å². The second-order valence-electron chi connectivity index (χ2n) is 4.63. The van der Waals surface area contributed by atoms with Crippen LogP contribution in [0.25, 0.3) is 0 Å². The first-order chi connectivity index (χ1) is 8.88. The smallest absolute Gasteiger partial charge is 0.317 e. The number of carboxylic acid groups (broad SMARTS) is 1. The number of carbonyl (C=O) groups is 2. The molecule has 7 heteroatoms. The molecule has 0 radical (unpaired) electrons. The van der Waals surface area contributed by atoms with Crippen molar-refractivity contribution in [3.8, 4) is 0 Å². The molecule has 1 atom stereocenters. The predicted octanol–water partition coefficient (Wildman–Crippen LogP) is -0.914. The lowest BCUT2D eigenvalue weighted by atomic mass is 10.2. The molecule has 112 valence electrons. The molecule has 2 N–H and O–H groups in total. The second kappa shape index (κ2) is 9.71. The van der Waals surface area contributed by atoms with E-state index in [-0.39, 0.29) is 12.5 Å². The molecule has 1 amide bonds. The molecule has 0 fully saturated rings. The maximum atomic E-state index is 11.9. The molecule has 0 rings (SSSR count). The van der Waals surface area contributed by atoms with Gasteiger partial charge in [-0.25, -0.2) is 0 Å². The Kier molecular flexibility index (Phi) is 9.11. The van der Waals surface area contributed by atoms with Gasteiger partial charge < -0.3 is 20.1 Å². The molecule has 7 nitrogen and oxygen atoms in total. The van der Waals surface area contributed by atoms with Crippen LogP contribution in [0.1, 0.15) is 6.92 Å². The fraction of sp³-hybridized carbons (Fsp3) is 0.833. The number of methoxy groups -OCH3 is 1. The Morgan fingerprint density at radius 1 is 1.32 bits per heavy atom. The van der Waals surface area contributed by atoms with Crippen LogP contribution >= 0.6 is 0 Å². The molecule has 0 bridgehead atoms. The van der Waals surface area contributed by atoms with Gasteiger partial charge >= 0.3 is 5.97 Å². The lowest BCUT2D eigenvalue weighted by Gasteiger charge is -2.27. The van der Waals surface area contributed by atoms with E-state index in [1.54, 1.807) is 18.9 Å². The van der Waals surface area contributed by atoms with Gasteiger partial charge in [0, 0.05) is 26.7 Å². The summed E-state index contributed by atoms with van der Waals surface area (Å²) in [5.74, 6) is -1.12. The molecule has 1 unspecified atom stereocenters. The topological polar surface area (TPSA) is 82.1 Å². The zero-order valence-corrected chi connectivity index (χ0v) is 12.2. The third kappa shape index (κ3) is 8.52. The molecular formula is C12H25N3O4. The number of carbonyl (C=O) groups excluding carboxylic acids is 1. The Bertz CT molecular complexity index is 284. The lowest BCUT2D eigenvalue weighted by Crippen LogP contribution is -2.49. The van der Waals surface area contributed by atoms with Gasteiger partial charge in [0.1, 0.15) is 0 Å². The third-order valence-electron chi connectivity index (χ3n) is 2.71. The first kappa shape index (κ1) is 17.8. The van der Waals surface area contributed by atoms with E-state index in [1.807, 2.05) is 19.0 Å². The molecule has 0 saturated heterocycles. The van der Waals surface area contributed by atoms with Crippen LogP contribution in [0.4, 0.5) is 0 Å². The average molecular weight is 275 g/mol. The lowest BCUT2D eigenvalue weighted by molar-refractivity contribution is -0.140. The molecule has 0 aromatic rings. The van der Waals surface area contributed by atoms with E-state index in [2.05, 4.69) is 5.32 Å². The zero-order valence-electron chi connectivity index (χ0n) is 12.2. The number of rotatable bonds is 10. The fourth-order valence-corrected chi connectivity index (χ4v) is 1.50. The molecule has 0 aliphatic carbocycles. The minimum Gasteiger partial charge on any atom is -0.480 e. The van der Waals surface area contributed by atoms with Crippen LogP contribution in [0, 0.1) is 0 Å². The number of aliphatic carboxylic acids is 1. The van der Waals surface area contributed by atoms with E-state index in [0.29, 0.717) is 26.2 Å². The predicted molar refractivity (Wildman–Crippen MR) is 72.1 cm³/mol. The number of nitrogens with zero attached hydrogens (tertiary/aromatic N) is 2. The maximum absolute atomic E-state index is 11.9. The van der Waals surface area contributed by atoms with Crippen molar-refractivity contribution >= 4 is 11.9 Å². The van der Waals surface area contributed by atoms with E-state index >= 15 is 0 Å². The van der Waals surface area contributed by atoms with Crippen molar-refractivity contribution in [2.45, 2.75) is 13.0 Å². The molecule has 19 heavy (non-hydrogen) atoms. The Labute approximate surface area is 114 Å². The molecule has 0 spiro atoms. The minimum atomic E-state index is -0.935. The fourth-order valence-electron chi connectivity index (χ4n) is 1.50. The molecule has 0 aromatic heterocycles. The highest BCUT2D eigenvalue weighted by atomic mass is 16.5. The van der Waals surface area contributed by atoms with Crippen LogP contribution in [0.3, 0.4) is 0 Å². The van der Waals surface area contributed by atoms with E-state index < -0.39 is 12.0 Å². The van der Waals surface area contributed by atoms with Crippen molar-refractivity contribution < 1.29 is 19.4 Å². The summed E-state index contributed by atoms with van der Waals surface area (Å²) in [6.45, 7) is 3.65. The Balaban J connectivity index is 4.37. The molecule has 0 heterocycles. The van der Waals surface area contributed by atoms with Crippen molar-refractivity contribution in [2.75, 3.05) is 54.0 Å². The van der Waals surface area contributed by atoms with Gasteiger partial charge in [0.2, 0.25) is 5.91 Å². The number of amides is 1. The highest BCUT2D eigenvalue weighted by Crippen LogP contribution is 1.99. The van der Waals surface area contributed by atoms with Crippen LogP contribution in [0.15, 0.2) is 0 Å². The van der Waals surface area contributed by atoms with Gasteiger partial charge in [0.15, 0.2) is 0 Å². The molecule has 0 aliphatic heterocycles. The minimum absolute atomic E-state index is 0.146. The first-order valence-corrected chi connectivity index (χ1v) is 6.25. The number of ether oxygens (including phenoxy) is 1. The van der Waals surface area contributed by atoms with Crippen LogP contribution in [0.5, 0.6) is 0 Å². The Morgan fingerprint density at radius 3 is 2.42 bits per heavy atom. The van der Waals surface area contributed by atoms with Crippen molar-refractivity contribution in [3.05, 3.63) is 0 Å². The summed E-state index contributed by atoms with van der Waals surface area (Å²) in [5.41, 5.74) is 0. The zero-order chi connectivity index (χ0) is 14.8. The van der Waals surface area contributed by atoms with Gasteiger partial charge in [-0.15, -0.1) is 0 Å². The Hall–Kier alpha value is -1.18. The summed E-state index contributed by atoms with van der Waals surface area (Å²) in [6.07, 6.45) is 0. The summed E-state index contributed by atoms with van der Waals surface area (Å²) in [5, 5.41) is 11.6. The summed E-state index contributed by atoms with van der Waals surface area (Å²) >= 11 is 0. The molecule has 0 aliphatic rings. The quantitative estimate of drug-likeness (QED) is 0.502. The van der Waals surface area contributed by atoms with Gasteiger partial charge in [-0.05, 0) is 21.0 Å². The van der Waals surface area contributed by atoms with Crippen LogP contribution in [-0.2, 0) is 14.3 Å². The van der Waals surface area contributed by atoms with Gasteiger partial charge in [0.25, 0.3) is 0 Å². The summed E-state index contributed by atoms with van der Waals surface area (Å²) in [6, 6.07) is -0.479. The van der Waals surface area contributed by atoms with Crippen LogP contribution in [-0.4, -0.2) is 86.8 Å². The third-order valence-corrected chi connectivity index (χ3v) is 2.71. The summed E-state index contributed by atoms with van der Waals surface area (Å²) < 4.78 is 4.85. The summed E-state index contributed by atoms with van der Waals surface area (Å²) in [4.78, 5) is 26.3. The van der Waals surface area contributed by atoms with Gasteiger partial charge in [-0.1, -0.05) is 0 Å². The first-order valence-electron chi connectivity index (χ1n) is 6.25. The van der Waals surface area contributed by atoms with Crippen molar-refractivity contribution in [1.29, 1.82) is 0 Å². The van der Waals surface area contributed by atoms with E-state index in [9.17, 15) is 9.59 Å². The van der Waals surface area contributed by atoms with Crippen molar-refractivity contribution in [1.82, 2.24) is 15.1 Å². The normalized spacial score (nSPS) is 12.7. The SMILES string of the molecule is COCCNC(=O)C(C)N(CCN(C)C)CC(=O)O. The number of hydrogen-bond donors (Lipinski definition) is 2. The number of likely N-dealkylation sites (N-methyl/N-ethyl adjacent to an activating group) is 1. The van der Waals surface area contributed by atoms with Gasteiger partial charge in [0.05, 0.1) is 19.2 Å². The maximum Gasteiger partial charge on any atom is 0.317 e. The molecule has 0 saturated carbocycles. The highest BCUT2D eigenvalue weighted by molar-refractivity contribution is 5.82. The van der Waals surface area contributed by atoms with E-state index in [0.717, 1.165) is 0 Å². The summed E-state index contributed by atoms with van der Waals surface area (Å²) in [7, 11) is 5.37. The second-order valence-corrected chi connectivity index (χ2v) is 4.63. The van der Waals surface area contributed by atoms with Crippen molar-refractivity contribution in [3.63, 3.8) is 0 Å². The molecule has 0 aromatic carbocycles. The van der Waals surface area contributed by atoms with Crippen LogP contribution < -0.4 is 5.32 Å². The van der Waals surface area contributed by atoms with Crippen molar-refractivity contribution in [2.24, 2.45) is 0 Å². The van der Waals surface area contributed by atoms with Gasteiger partial charge in [-0.3, -0.25) is 14.5 Å². The monoisotopic (exact) mass is 275 g/mol. The highest BCUT2D eigenvalue weighted by Gasteiger charge is 2.22. The standard InChI is InChI=1S/C12H25N3O4/c1-10(12(18)13-5-8-19-4)15(9-11(16)17)7-6-14(2)3/h10H,5-9H2,1-4H3,(H,13,18)(H,16,17).